The summed E-state index contributed by atoms with van der Waals surface area (Å²) < 4.78 is 0. The summed E-state index contributed by atoms with van der Waals surface area (Å²) >= 11 is 0. The molecular weight excluding hydrogens is 226 g/mol. The Kier molecular flexibility index (Phi) is 4.18. The summed E-state index contributed by atoms with van der Waals surface area (Å²) in [5.74, 6) is 1.28. The molecule has 0 aromatic carbocycles. The molecular formula is C14H21N3O. The second-order valence-corrected chi connectivity index (χ2v) is 5.06. The lowest BCUT2D eigenvalue weighted by atomic mass is 9.98. The minimum atomic E-state index is -0.0725. The van der Waals surface area contributed by atoms with Crippen molar-refractivity contribution < 1.29 is 4.79 Å². The average molecular weight is 247 g/mol. The van der Waals surface area contributed by atoms with Crippen molar-refractivity contribution in [2.45, 2.75) is 26.2 Å². The second kappa shape index (κ2) is 5.85. The van der Waals surface area contributed by atoms with Crippen LogP contribution in [0.2, 0.25) is 0 Å². The SMILES string of the molecule is CNc1ccc(C(=O)NCC2CCCC2C)nc1. The monoisotopic (exact) mass is 247 g/mol. The Bertz CT molecular complexity index is 402. The lowest BCUT2D eigenvalue weighted by Crippen LogP contribution is -2.30. The molecule has 18 heavy (non-hydrogen) atoms. The van der Waals surface area contributed by atoms with E-state index in [1.165, 1.54) is 19.3 Å². The van der Waals surface area contributed by atoms with E-state index in [0.29, 0.717) is 11.6 Å². The van der Waals surface area contributed by atoms with Gasteiger partial charge in [-0.25, -0.2) is 4.98 Å². The van der Waals surface area contributed by atoms with Gasteiger partial charge in [-0.15, -0.1) is 0 Å². The van der Waals surface area contributed by atoms with Crippen LogP contribution in [0.15, 0.2) is 18.3 Å². The molecule has 1 aromatic heterocycles. The zero-order valence-corrected chi connectivity index (χ0v) is 11.1. The highest BCUT2D eigenvalue weighted by molar-refractivity contribution is 5.92. The largest absolute Gasteiger partial charge is 0.387 e. The Morgan fingerprint density at radius 1 is 1.44 bits per heavy atom. The molecule has 4 nitrogen and oxygen atoms in total. The molecule has 4 heteroatoms. The van der Waals surface area contributed by atoms with Crippen molar-refractivity contribution in [2.75, 3.05) is 18.9 Å². The zero-order valence-electron chi connectivity index (χ0n) is 11.1. The highest BCUT2D eigenvalue weighted by atomic mass is 16.1. The summed E-state index contributed by atoms with van der Waals surface area (Å²) in [5, 5.41) is 5.97. The third-order valence-electron chi connectivity index (χ3n) is 3.85. The molecule has 2 rings (SSSR count). The van der Waals surface area contributed by atoms with Gasteiger partial charge in [0.2, 0.25) is 0 Å². The van der Waals surface area contributed by atoms with E-state index >= 15 is 0 Å². The third kappa shape index (κ3) is 3.00. The van der Waals surface area contributed by atoms with Gasteiger partial charge < -0.3 is 10.6 Å². The predicted molar refractivity (Wildman–Crippen MR) is 72.6 cm³/mol. The molecule has 1 saturated carbocycles. The standard InChI is InChI=1S/C14H21N3O/c1-10-4-3-5-11(10)8-17-14(18)13-7-6-12(15-2)9-16-13/h6-7,9-11,15H,3-5,8H2,1-2H3,(H,17,18). The number of carbonyl (C=O) groups excluding carboxylic acids is 1. The van der Waals surface area contributed by atoms with Crippen LogP contribution in [0.5, 0.6) is 0 Å². The first-order chi connectivity index (χ1) is 8.70. The fraction of sp³-hybridized carbons (Fsp3) is 0.571. The highest BCUT2D eigenvalue weighted by Crippen LogP contribution is 2.30. The van der Waals surface area contributed by atoms with E-state index in [-0.39, 0.29) is 5.91 Å². The smallest absolute Gasteiger partial charge is 0.269 e. The maximum atomic E-state index is 11.9. The summed E-state index contributed by atoms with van der Waals surface area (Å²) in [4.78, 5) is 16.1. The Hall–Kier alpha value is -1.58. The van der Waals surface area contributed by atoms with Gasteiger partial charge in [-0.2, -0.15) is 0 Å². The van der Waals surface area contributed by atoms with Gasteiger partial charge >= 0.3 is 0 Å². The van der Waals surface area contributed by atoms with Gasteiger partial charge in [0, 0.05) is 13.6 Å². The number of hydrogen-bond acceptors (Lipinski definition) is 3. The van der Waals surface area contributed by atoms with Crippen molar-refractivity contribution in [1.82, 2.24) is 10.3 Å². The first kappa shape index (κ1) is 12.9. The first-order valence-corrected chi connectivity index (χ1v) is 6.62. The predicted octanol–water partition coefficient (Wildman–Crippen LogP) is 2.29. The van der Waals surface area contributed by atoms with Gasteiger partial charge in [0.05, 0.1) is 11.9 Å². The molecule has 0 aliphatic heterocycles. The van der Waals surface area contributed by atoms with Crippen LogP contribution in [0.4, 0.5) is 5.69 Å². The van der Waals surface area contributed by atoms with Crippen LogP contribution in [-0.2, 0) is 0 Å². The maximum absolute atomic E-state index is 11.9. The fourth-order valence-electron chi connectivity index (χ4n) is 2.52. The number of aromatic nitrogens is 1. The molecule has 0 radical (unpaired) electrons. The van der Waals surface area contributed by atoms with Crippen LogP contribution < -0.4 is 10.6 Å². The molecule has 98 valence electrons. The van der Waals surface area contributed by atoms with Crippen molar-refractivity contribution in [3.05, 3.63) is 24.0 Å². The molecule has 1 aliphatic rings. The third-order valence-corrected chi connectivity index (χ3v) is 3.85. The van der Waals surface area contributed by atoms with Crippen LogP contribution >= 0.6 is 0 Å². The van der Waals surface area contributed by atoms with Crippen molar-refractivity contribution in [3.63, 3.8) is 0 Å². The van der Waals surface area contributed by atoms with Gasteiger partial charge in [0.25, 0.3) is 5.91 Å². The molecule has 1 heterocycles. The van der Waals surface area contributed by atoms with Gasteiger partial charge in [-0.1, -0.05) is 19.8 Å². The number of carbonyl (C=O) groups is 1. The number of pyridine rings is 1. The van der Waals surface area contributed by atoms with Crippen LogP contribution in [0, 0.1) is 11.8 Å². The average Bonchev–Trinajstić information content (AvgIpc) is 2.81. The highest BCUT2D eigenvalue weighted by Gasteiger charge is 2.23. The fourth-order valence-corrected chi connectivity index (χ4v) is 2.52. The van der Waals surface area contributed by atoms with E-state index in [2.05, 4.69) is 22.5 Å². The second-order valence-electron chi connectivity index (χ2n) is 5.06. The summed E-state index contributed by atoms with van der Waals surface area (Å²) in [7, 11) is 1.83. The minimum Gasteiger partial charge on any atom is -0.387 e. The molecule has 2 atom stereocenters. The number of hydrogen-bond donors (Lipinski definition) is 2. The van der Waals surface area contributed by atoms with E-state index in [4.69, 9.17) is 0 Å². The Morgan fingerprint density at radius 2 is 2.28 bits per heavy atom. The summed E-state index contributed by atoms with van der Waals surface area (Å²) in [5.41, 5.74) is 1.40. The molecule has 2 unspecified atom stereocenters. The molecule has 0 bridgehead atoms. The minimum absolute atomic E-state index is 0.0725. The van der Waals surface area contributed by atoms with Crippen molar-refractivity contribution >= 4 is 11.6 Å². The van der Waals surface area contributed by atoms with E-state index < -0.39 is 0 Å². The number of nitrogens with zero attached hydrogens (tertiary/aromatic N) is 1. The van der Waals surface area contributed by atoms with Crippen LogP contribution in [-0.4, -0.2) is 24.5 Å². The number of nitrogens with one attached hydrogen (secondary N) is 2. The Labute approximate surface area is 108 Å². The van der Waals surface area contributed by atoms with Crippen LogP contribution in [0.3, 0.4) is 0 Å². The molecule has 1 fully saturated rings. The number of anilines is 1. The normalized spacial score (nSPS) is 22.8. The maximum Gasteiger partial charge on any atom is 0.269 e. The number of amides is 1. The number of rotatable bonds is 4. The lowest BCUT2D eigenvalue weighted by Gasteiger charge is -2.15. The van der Waals surface area contributed by atoms with Crippen molar-refractivity contribution in [3.8, 4) is 0 Å². The van der Waals surface area contributed by atoms with Crippen LogP contribution in [0.25, 0.3) is 0 Å². The molecule has 2 N–H and O–H groups in total. The van der Waals surface area contributed by atoms with E-state index in [0.717, 1.165) is 18.2 Å². The quantitative estimate of drug-likeness (QED) is 0.858. The Balaban J connectivity index is 1.87. The van der Waals surface area contributed by atoms with Gasteiger partial charge in [0.15, 0.2) is 0 Å². The molecule has 0 saturated heterocycles. The molecule has 1 amide bonds. The van der Waals surface area contributed by atoms with Gasteiger partial charge in [0.1, 0.15) is 5.69 Å². The van der Waals surface area contributed by atoms with E-state index in [9.17, 15) is 4.79 Å². The molecule has 1 aliphatic carbocycles. The zero-order chi connectivity index (χ0) is 13.0. The molecule has 0 spiro atoms. The summed E-state index contributed by atoms with van der Waals surface area (Å²) in [6.07, 6.45) is 5.48. The van der Waals surface area contributed by atoms with Crippen LogP contribution in [0.1, 0.15) is 36.7 Å². The Morgan fingerprint density at radius 3 is 2.83 bits per heavy atom. The summed E-state index contributed by atoms with van der Waals surface area (Å²) in [6, 6.07) is 3.61. The lowest BCUT2D eigenvalue weighted by molar-refractivity contribution is 0.0939. The van der Waals surface area contributed by atoms with Crippen molar-refractivity contribution in [1.29, 1.82) is 0 Å². The summed E-state index contributed by atoms with van der Waals surface area (Å²) in [6.45, 7) is 3.04. The molecule has 1 aromatic rings. The van der Waals surface area contributed by atoms with Gasteiger partial charge in [-0.05, 0) is 30.4 Å². The van der Waals surface area contributed by atoms with E-state index in [1.807, 2.05) is 13.1 Å². The van der Waals surface area contributed by atoms with Gasteiger partial charge in [-0.3, -0.25) is 4.79 Å². The first-order valence-electron chi connectivity index (χ1n) is 6.62. The van der Waals surface area contributed by atoms with Crippen molar-refractivity contribution in [2.24, 2.45) is 11.8 Å². The van der Waals surface area contributed by atoms with E-state index in [1.54, 1.807) is 12.3 Å². The topological polar surface area (TPSA) is 54.0 Å².